The first-order chi connectivity index (χ1) is 17.9. The van der Waals surface area contributed by atoms with E-state index in [2.05, 4.69) is 16.1 Å². The minimum atomic E-state index is -0.683. The molecule has 0 radical (unpaired) electrons. The standard InChI is InChI=1S/C28H22ClN3O5/c1-37-28(36)19-8-12-22(13-9-19)32-26(34)23(29)24(27(32)35)30-21-10-6-18(7-11-21)25(33)31-15-14-17-4-2-3-5-20(17)16-31/h2-13,30H,14-16H2,1H3. The number of fused-ring (bicyclic) bond motifs is 1. The van der Waals surface area contributed by atoms with Gasteiger partial charge in [-0.15, -0.1) is 0 Å². The lowest BCUT2D eigenvalue weighted by molar-refractivity contribution is -0.120. The molecule has 186 valence electrons. The van der Waals surface area contributed by atoms with Gasteiger partial charge < -0.3 is 15.0 Å². The van der Waals surface area contributed by atoms with Crippen LogP contribution in [0.3, 0.4) is 0 Å². The lowest BCUT2D eigenvalue weighted by atomic mass is 9.99. The molecule has 8 nitrogen and oxygen atoms in total. The third kappa shape index (κ3) is 4.59. The van der Waals surface area contributed by atoms with Gasteiger partial charge in [-0.25, -0.2) is 9.69 Å². The first-order valence-corrected chi connectivity index (χ1v) is 11.9. The lowest BCUT2D eigenvalue weighted by Crippen LogP contribution is -2.35. The van der Waals surface area contributed by atoms with Crippen molar-refractivity contribution in [3.05, 3.63) is 106 Å². The smallest absolute Gasteiger partial charge is 0.337 e. The lowest BCUT2D eigenvalue weighted by Gasteiger charge is -2.29. The van der Waals surface area contributed by atoms with Crippen LogP contribution in [0.4, 0.5) is 11.4 Å². The molecule has 3 aromatic carbocycles. The van der Waals surface area contributed by atoms with Crippen molar-refractivity contribution in [1.82, 2.24) is 4.90 Å². The van der Waals surface area contributed by atoms with Crippen molar-refractivity contribution in [2.75, 3.05) is 23.9 Å². The molecule has 5 rings (SSSR count). The maximum atomic E-state index is 13.0. The number of ether oxygens (including phenoxy) is 1. The van der Waals surface area contributed by atoms with Gasteiger partial charge in [0.1, 0.15) is 10.7 Å². The van der Waals surface area contributed by atoms with Crippen molar-refractivity contribution in [3.8, 4) is 0 Å². The van der Waals surface area contributed by atoms with Crippen LogP contribution in [0.25, 0.3) is 0 Å². The molecule has 2 aliphatic heterocycles. The van der Waals surface area contributed by atoms with Gasteiger partial charge in [0, 0.05) is 24.3 Å². The number of nitrogens with zero attached hydrogens (tertiary/aromatic N) is 2. The van der Waals surface area contributed by atoms with E-state index in [-0.39, 0.29) is 27.9 Å². The number of methoxy groups -OCH3 is 1. The normalized spacial score (nSPS) is 15.1. The van der Waals surface area contributed by atoms with Gasteiger partial charge in [0.2, 0.25) is 0 Å². The largest absolute Gasteiger partial charge is 0.465 e. The van der Waals surface area contributed by atoms with Crippen LogP contribution in [0.1, 0.15) is 31.8 Å². The Balaban J connectivity index is 1.28. The Hall–Kier alpha value is -4.43. The Morgan fingerprint density at radius 3 is 2.19 bits per heavy atom. The van der Waals surface area contributed by atoms with Crippen LogP contribution in [0, 0.1) is 0 Å². The van der Waals surface area contributed by atoms with Crippen molar-refractivity contribution in [2.45, 2.75) is 13.0 Å². The summed E-state index contributed by atoms with van der Waals surface area (Å²) in [5, 5.41) is 2.65. The summed E-state index contributed by atoms with van der Waals surface area (Å²) in [5.74, 6) is -1.92. The average molecular weight is 516 g/mol. The van der Waals surface area contributed by atoms with Crippen molar-refractivity contribution in [1.29, 1.82) is 0 Å². The minimum absolute atomic E-state index is 0.0737. The molecule has 2 aliphatic rings. The quantitative estimate of drug-likeness (QED) is 0.406. The van der Waals surface area contributed by atoms with E-state index in [1.165, 1.54) is 36.9 Å². The van der Waals surface area contributed by atoms with Crippen molar-refractivity contribution >= 4 is 46.7 Å². The Morgan fingerprint density at radius 1 is 0.865 bits per heavy atom. The molecule has 0 aromatic heterocycles. The van der Waals surface area contributed by atoms with Crippen LogP contribution in [0.2, 0.25) is 0 Å². The summed E-state index contributed by atoms with van der Waals surface area (Å²) in [5.41, 5.74) is 3.91. The fourth-order valence-electron chi connectivity index (χ4n) is 4.40. The third-order valence-electron chi connectivity index (χ3n) is 6.39. The molecule has 0 saturated carbocycles. The summed E-state index contributed by atoms with van der Waals surface area (Å²) in [6.07, 6.45) is 0.812. The van der Waals surface area contributed by atoms with Gasteiger partial charge in [-0.05, 0) is 66.1 Å². The van der Waals surface area contributed by atoms with Crippen LogP contribution >= 0.6 is 11.6 Å². The second kappa shape index (κ2) is 9.91. The minimum Gasteiger partial charge on any atom is -0.465 e. The predicted molar refractivity (Wildman–Crippen MR) is 138 cm³/mol. The summed E-state index contributed by atoms with van der Waals surface area (Å²) in [7, 11) is 1.26. The first-order valence-electron chi connectivity index (χ1n) is 11.6. The topological polar surface area (TPSA) is 96.0 Å². The molecule has 0 bridgehead atoms. The predicted octanol–water partition coefficient (Wildman–Crippen LogP) is 4.11. The summed E-state index contributed by atoms with van der Waals surface area (Å²) in [6, 6.07) is 20.6. The van der Waals surface area contributed by atoms with Crippen molar-refractivity contribution in [3.63, 3.8) is 0 Å². The summed E-state index contributed by atoms with van der Waals surface area (Å²) in [6.45, 7) is 1.20. The SMILES string of the molecule is COC(=O)c1ccc(N2C(=O)C(Cl)=C(Nc3ccc(C(=O)N4CCc5ccccc5C4)cc3)C2=O)cc1. The van der Waals surface area contributed by atoms with E-state index in [4.69, 9.17) is 11.6 Å². The van der Waals surface area contributed by atoms with Crippen LogP contribution in [0.5, 0.6) is 0 Å². The highest BCUT2D eigenvalue weighted by molar-refractivity contribution is 6.53. The molecular formula is C28H22ClN3O5. The Morgan fingerprint density at radius 2 is 1.51 bits per heavy atom. The molecule has 0 aliphatic carbocycles. The second-order valence-corrected chi connectivity index (χ2v) is 9.00. The maximum Gasteiger partial charge on any atom is 0.337 e. The van der Waals surface area contributed by atoms with E-state index in [0.717, 1.165) is 16.9 Å². The highest BCUT2D eigenvalue weighted by Gasteiger charge is 2.39. The van der Waals surface area contributed by atoms with E-state index >= 15 is 0 Å². The fourth-order valence-corrected chi connectivity index (χ4v) is 4.62. The number of carbonyl (C=O) groups is 4. The van der Waals surface area contributed by atoms with Gasteiger partial charge in [0.05, 0.1) is 18.4 Å². The highest BCUT2D eigenvalue weighted by atomic mass is 35.5. The monoisotopic (exact) mass is 515 g/mol. The van der Waals surface area contributed by atoms with E-state index in [1.54, 1.807) is 24.3 Å². The number of hydrogen-bond donors (Lipinski definition) is 1. The van der Waals surface area contributed by atoms with Crippen LogP contribution < -0.4 is 10.2 Å². The Labute approximate surface area is 218 Å². The molecule has 2 heterocycles. The van der Waals surface area contributed by atoms with Gasteiger partial charge in [-0.1, -0.05) is 35.9 Å². The van der Waals surface area contributed by atoms with Crippen LogP contribution in [0.15, 0.2) is 83.5 Å². The molecular weight excluding hydrogens is 494 g/mol. The zero-order chi connectivity index (χ0) is 26.1. The molecule has 0 fully saturated rings. The Bertz CT molecular complexity index is 1450. The molecule has 37 heavy (non-hydrogen) atoms. The number of hydrogen-bond acceptors (Lipinski definition) is 6. The number of carbonyl (C=O) groups excluding carboxylic acids is 4. The van der Waals surface area contributed by atoms with E-state index in [0.29, 0.717) is 24.3 Å². The molecule has 0 spiro atoms. The number of benzene rings is 3. The van der Waals surface area contributed by atoms with Crippen molar-refractivity contribution in [2.24, 2.45) is 0 Å². The number of imide groups is 1. The number of rotatable bonds is 5. The third-order valence-corrected chi connectivity index (χ3v) is 6.74. The number of esters is 1. The van der Waals surface area contributed by atoms with Gasteiger partial charge in [-0.2, -0.15) is 0 Å². The van der Waals surface area contributed by atoms with Crippen LogP contribution in [-0.4, -0.2) is 42.2 Å². The molecule has 0 unspecified atom stereocenters. The summed E-state index contributed by atoms with van der Waals surface area (Å²) >= 11 is 6.22. The molecule has 9 heteroatoms. The molecule has 0 atom stereocenters. The number of nitrogens with one attached hydrogen (secondary N) is 1. The van der Waals surface area contributed by atoms with E-state index < -0.39 is 17.8 Å². The summed E-state index contributed by atoms with van der Waals surface area (Å²) < 4.78 is 4.67. The van der Waals surface area contributed by atoms with Crippen molar-refractivity contribution < 1.29 is 23.9 Å². The molecule has 3 amide bonds. The molecule has 1 N–H and O–H groups in total. The van der Waals surface area contributed by atoms with Gasteiger partial charge in [-0.3, -0.25) is 14.4 Å². The number of amides is 3. The second-order valence-electron chi connectivity index (χ2n) is 8.62. The average Bonchev–Trinajstić information content (AvgIpc) is 3.15. The van der Waals surface area contributed by atoms with Gasteiger partial charge in [0.25, 0.3) is 17.7 Å². The maximum absolute atomic E-state index is 13.0. The Kier molecular flexibility index (Phi) is 6.50. The van der Waals surface area contributed by atoms with Gasteiger partial charge >= 0.3 is 5.97 Å². The zero-order valence-electron chi connectivity index (χ0n) is 19.9. The molecule has 0 saturated heterocycles. The van der Waals surface area contributed by atoms with Gasteiger partial charge in [0.15, 0.2) is 0 Å². The number of halogens is 1. The first kappa shape index (κ1) is 24.3. The zero-order valence-corrected chi connectivity index (χ0v) is 20.6. The summed E-state index contributed by atoms with van der Waals surface area (Å²) in [4.78, 5) is 53.2. The molecule has 3 aromatic rings. The number of anilines is 2. The van der Waals surface area contributed by atoms with E-state index in [9.17, 15) is 19.2 Å². The highest BCUT2D eigenvalue weighted by Crippen LogP contribution is 2.30. The van der Waals surface area contributed by atoms with Crippen LogP contribution in [-0.2, 0) is 27.3 Å². The fraction of sp³-hybridized carbons (Fsp3) is 0.143. The van der Waals surface area contributed by atoms with E-state index in [1.807, 2.05) is 23.1 Å².